The lowest BCUT2D eigenvalue weighted by atomic mass is 10.0. The van der Waals surface area contributed by atoms with E-state index in [1.54, 1.807) is 12.1 Å². The van der Waals surface area contributed by atoms with Crippen LogP contribution in [0.2, 0.25) is 0 Å². The van der Waals surface area contributed by atoms with E-state index in [-0.39, 0.29) is 12.3 Å². The molecule has 3 nitrogen and oxygen atoms in total. The van der Waals surface area contributed by atoms with Crippen LogP contribution in [0.4, 0.5) is 4.39 Å². The molecule has 0 amide bonds. The summed E-state index contributed by atoms with van der Waals surface area (Å²) in [5.41, 5.74) is 6.04. The third kappa shape index (κ3) is 2.53. The second-order valence-electron chi connectivity index (χ2n) is 3.20. The van der Waals surface area contributed by atoms with Gasteiger partial charge in [0.15, 0.2) is 5.78 Å². The molecule has 0 heterocycles. The molecular formula is C11H14FNO2. The summed E-state index contributed by atoms with van der Waals surface area (Å²) >= 11 is 0. The number of ketones is 1. The van der Waals surface area contributed by atoms with Crippen molar-refractivity contribution in [1.29, 1.82) is 0 Å². The highest BCUT2D eigenvalue weighted by atomic mass is 19.1. The molecule has 0 aliphatic rings. The smallest absolute Gasteiger partial charge is 0.180 e. The van der Waals surface area contributed by atoms with Gasteiger partial charge in [0.05, 0.1) is 19.2 Å². The van der Waals surface area contributed by atoms with Crippen LogP contribution in [0.3, 0.4) is 0 Å². The van der Waals surface area contributed by atoms with Crippen LogP contribution in [-0.2, 0) is 0 Å². The molecule has 0 saturated carbocycles. The highest BCUT2D eigenvalue weighted by Crippen LogP contribution is 2.25. The molecule has 1 atom stereocenters. The number of hydrogen-bond acceptors (Lipinski definition) is 3. The van der Waals surface area contributed by atoms with Crippen LogP contribution < -0.4 is 10.5 Å². The fourth-order valence-electron chi connectivity index (χ4n) is 1.30. The van der Waals surface area contributed by atoms with Crippen molar-refractivity contribution >= 4 is 5.78 Å². The topological polar surface area (TPSA) is 52.3 Å². The Morgan fingerprint density at radius 2 is 2.27 bits per heavy atom. The molecule has 0 aliphatic heterocycles. The summed E-state index contributed by atoms with van der Waals surface area (Å²) in [5.74, 6) is 0.171. The summed E-state index contributed by atoms with van der Waals surface area (Å²) in [6.45, 7) is 1.30. The maximum atomic E-state index is 13.0. The molecule has 2 N–H and O–H groups in total. The van der Waals surface area contributed by atoms with Gasteiger partial charge in [0, 0.05) is 0 Å². The molecule has 1 rings (SSSR count). The molecule has 82 valence electrons. The number of halogens is 1. The van der Waals surface area contributed by atoms with E-state index in [2.05, 4.69) is 0 Å². The van der Waals surface area contributed by atoms with Crippen molar-refractivity contribution < 1.29 is 13.9 Å². The number of hydrogen-bond donors (Lipinski definition) is 1. The minimum absolute atomic E-state index is 0.111. The summed E-state index contributed by atoms with van der Waals surface area (Å²) < 4.78 is 18.0. The lowest BCUT2D eigenvalue weighted by Gasteiger charge is -2.09. The summed E-state index contributed by atoms with van der Waals surface area (Å²) in [7, 11) is 1.46. The van der Waals surface area contributed by atoms with Crippen LogP contribution in [-0.4, -0.2) is 19.4 Å². The number of nitrogens with two attached hydrogens (primary N) is 1. The van der Waals surface area contributed by atoms with Gasteiger partial charge in [-0.2, -0.15) is 0 Å². The first-order valence-corrected chi connectivity index (χ1v) is 4.65. The highest BCUT2D eigenvalue weighted by molar-refractivity contribution is 6.00. The van der Waals surface area contributed by atoms with E-state index in [0.29, 0.717) is 16.9 Å². The van der Waals surface area contributed by atoms with Gasteiger partial charge in [-0.25, -0.2) is 4.39 Å². The van der Waals surface area contributed by atoms with Gasteiger partial charge in [0.2, 0.25) is 0 Å². The molecule has 0 bridgehead atoms. The van der Waals surface area contributed by atoms with Gasteiger partial charge in [0.1, 0.15) is 11.9 Å². The number of benzene rings is 1. The van der Waals surface area contributed by atoms with E-state index in [4.69, 9.17) is 10.5 Å². The van der Waals surface area contributed by atoms with Gasteiger partial charge < -0.3 is 10.5 Å². The fraction of sp³-hybridized carbons (Fsp3) is 0.364. The Balaban J connectivity index is 3.19. The van der Waals surface area contributed by atoms with E-state index in [1.807, 2.05) is 0 Å². The molecule has 15 heavy (non-hydrogen) atoms. The maximum Gasteiger partial charge on any atom is 0.180 e. The number of carbonyl (C=O) groups excluding carboxylic acids is 1. The Bertz CT molecular complexity index is 364. The van der Waals surface area contributed by atoms with E-state index in [9.17, 15) is 9.18 Å². The van der Waals surface area contributed by atoms with Gasteiger partial charge in [-0.1, -0.05) is 6.07 Å². The Labute approximate surface area is 88.0 Å². The quantitative estimate of drug-likeness (QED) is 0.773. The number of alkyl halides is 1. The molecular weight excluding hydrogens is 197 g/mol. The lowest BCUT2D eigenvalue weighted by Crippen LogP contribution is -2.15. The number of ether oxygens (including phenoxy) is 1. The molecule has 0 spiro atoms. The summed E-state index contributed by atoms with van der Waals surface area (Å²) in [5, 5.41) is 0. The zero-order valence-electron chi connectivity index (χ0n) is 8.79. The molecule has 0 radical (unpaired) electrons. The standard InChI is InChI=1S/C11H14FNO2/c1-7(12)8-3-4-11(15-2)9(5-8)10(14)6-13/h3-5,7H,6,13H2,1-2H3. The van der Waals surface area contributed by atoms with Crippen LogP contribution in [0.5, 0.6) is 5.75 Å². The second-order valence-corrected chi connectivity index (χ2v) is 3.20. The minimum atomic E-state index is -1.11. The van der Waals surface area contributed by atoms with Gasteiger partial charge in [-0.05, 0) is 24.6 Å². The summed E-state index contributed by atoms with van der Waals surface area (Å²) in [6, 6.07) is 4.66. The molecule has 0 aromatic heterocycles. The summed E-state index contributed by atoms with van der Waals surface area (Å²) in [4.78, 5) is 11.4. The zero-order chi connectivity index (χ0) is 11.4. The molecule has 4 heteroatoms. The first-order valence-electron chi connectivity index (χ1n) is 4.65. The van der Waals surface area contributed by atoms with Crippen molar-refractivity contribution in [3.63, 3.8) is 0 Å². The predicted molar refractivity (Wildman–Crippen MR) is 55.9 cm³/mol. The SMILES string of the molecule is COc1ccc(C(C)F)cc1C(=O)CN. The van der Waals surface area contributed by atoms with Gasteiger partial charge >= 0.3 is 0 Å². The van der Waals surface area contributed by atoms with Gasteiger partial charge in [-0.3, -0.25) is 4.79 Å². The zero-order valence-corrected chi connectivity index (χ0v) is 8.79. The molecule has 0 fully saturated rings. The van der Waals surface area contributed by atoms with Gasteiger partial charge in [0.25, 0.3) is 0 Å². The highest BCUT2D eigenvalue weighted by Gasteiger charge is 2.13. The molecule has 0 saturated heterocycles. The molecule has 0 aliphatic carbocycles. The van der Waals surface area contributed by atoms with Crippen LogP contribution in [0.15, 0.2) is 18.2 Å². The van der Waals surface area contributed by atoms with Crippen LogP contribution in [0, 0.1) is 0 Å². The van der Waals surface area contributed by atoms with Crippen molar-refractivity contribution in [2.24, 2.45) is 5.73 Å². The van der Waals surface area contributed by atoms with E-state index >= 15 is 0 Å². The van der Waals surface area contributed by atoms with Crippen molar-refractivity contribution in [2.45, 2.75) is 13.1 Å². The Morgan fingerprint density at radius 3 is 2.73 bits per heavy atom. The number of Topliss-reactive ketones (excluding diaryl/α,β-unsaturated/α-hetero) is 1. The Morgan fingerprint density at radius 1 is 1.60 bits per heavy atom. The molecule has 1 unspecified atom stereocenters. The predicted octanol–water partition coefficient (Wildman–Crippen LogP) is 1.87. The maximum absolute atomic E-state index is 13.0. The first kappa shape index (κ1) is 11.7. The van der Waals surface area contributed by atoms with Crippen LogP contribution in [0.1, 0.15) is 29.0 Å². The minimum Gasteiger partial charge on any atom is -0.496 e. The fourth-order valence-corrected chi connectivity index (χ4v) is 1.30. The third-order valence-corrected chi connectivity index (χ3v) is 2.17. The van der Waals surface area contributed by atoms with Crippen molar-refractivity contribution in [3.05, 3.63) is 29.3 Å². The van der Waals surface area contributed by atoms with E-state index in [1.165, 1.54) is 20.1 Å². The van der Waals surface area contributed by atoms with E-state index < -0.39 is 6.17 Å². The number of carbonyl (C=O) groups is 1. The van der Waals surface area contributed by atoms with E-state index in [0.717, 1.165) is 0 Å². The lowest BCUT2D eigenvalue weighted by molar-refractivity contribution is 0.0998. The number of methoxy groups -OCH3 is 1. The van der Waals surface area contributed by atoms with Crippen molar-refractivity contribution in [2.75, 3.05) is 13.7 Å². The molecule has 1 aromatic carbocycles. The first-order chi connectivity index (χ1) is 7.10. The Hall–Kier alpha value is -1.42. The van der Waals surface area contributed by atoms with Crippen molar-refractivity contribution in [1.82, 2.24) is 0 Å². The second kappa shape index (κ2) is 4.89. The monoisotopic (exact) mass is 211 g/mol. The average molecular weight is 211 g/mol. The molecule has 1 aromatic rings. The largest absolute Gasteiger partial charge is 0.496 e. The van der Waals surface area contributed by atoms with Gasteiger partial charge in [-0.15, -0.1) is 0 Å². The van der Waals surface area contributed by atoms with Crippen molar-refractivity contribution in [3.8, 4) is 5.75 Å². The van der Waals surface area contributed by atoms with Crippen LogP contribution >= 0.6 is 0 Å². The summed E-state index contributed by atoms with van der Waals surface area (Å²) in [6.07, 6.45) is -1.11. The Kier molecular flexibility index (Phi) is 3.80. The normalized spacial score (nSPS) is 12.3. The average Bonchev–Trinajstić information content (AvgIpc) is 2.27. The number of rotatable bonds is 4. The third-order valence-electron chi connectivity index (χ3n) is 2.17. The van der Waals surface area contributed by atoms with Crippen LogP contribution in [0.25, 0.3) is 0 Å².